The minimum absolute atomic E-state index is 0.109. The topological polar surface area (TPSA) is 51.5 Å². The average Bonchev–Trinajstić information content (AvgIpc) is 2.98. The molecule has 1 atom stereocenters. The summed E-state index contributed by atoms with van der Waals surface area (Å²) in [4.78, 5) is 11.7. The standard InChI is InChI=1S/C11H15NO3S/c1-14-11(3-5-16-8-11)7-12-10(13)9-2-4-15-6-9/h2,4,6H,3,5,7-8H2,1H3,(H,12,13). The van der Waals surface area contributed by atoms with Crippen LogP contribution in [0.5, 0.6) is 0 Å². The summed E-state index contributed by atoms with van der Waals surface area (Å²) in [5.74, 6) is 1.92. The normalized spacial score (nSPS) is 24.6. The zero-order valence-corrected chi connectivity index (χ0v) is 10.0. The third-order valence-electron chi connectivity index (χ3n) is 2.85. The van der Waals surface area contributed by atoms with Gasteiger partial charge in [0.1, 0.15) is 6.26 Å². The fourth-order valence-electron chi connectivity index (χ4n) is 1.70. The molecule has 1 N–H and O–H groups in total. The zero-order valence-electron chi connectivity index (χ0n) is 9.19. The number of amides is 1. The summed E-state index contributed by atoms with van der Waals surface area (Å²) >= 11 is 1.86. The molecule has 0 saturated carbocycles. The van der Waals surface area contributed by atoms with E-state index in [1.165, 1.54) is 12.5 Å². The van der Waals surface area contributed by atoms with Gasteiger partial charge >= 0.3 is 0 Å². The Morgan fingerprint density at radius 3 is 3.19 bits per heavy atom. The Hall–Kier alpha value is -0.940. The number of carbonyl (C=O) groups excluding carboxylic acids is 1. The average molecular weight is 241 g/mol. The lowest BCUT2D eigenvalue weighted by Gasteiger charge is -2.26. The Kier molecular flexibility index (Phi) is 3.56. The van der Waals surface area contributed by atoms with Gasteiger partial charge in [0.05, 0.1) is 17.4 Å². The molecule has 5 heteroatoms. The highest BCUT2D eigenvalue weighted by atomic mass is 32.2. The largest absolute Gasteiger partial charge is 0.472 e. The van der Waals surface area contributed by atoms with Gasteiger partial charge in [-0.25, -0.2) is 0 Å². The van der Waals surface area contributed by atoms with Crippen LogP contribution in [0, 0.1) is 0 Å². The van der Waals surface area contributed by atoms with Crippen molar-refractivity contribution in [1.29, 1.82) is 0 Å². The second-order valence-corrected chi connectivity index (χ2v) is 4.99. The highest BCUT2D eigenvalue weighted by Crippen LogP contribution is 2.30. The molecule has 2 rings (SSSR count). The molecule has 2 heterocycles. The summed E-state index contributed by atoms with van der Waals surface area (Å²) in [6.07, 6.45) is 3.92. The van der Waals surface area contributed by atoms with Gasteiger partial charge in [0.2, 0.25) is 0 Å². The van der Waals surface area contributed by atoms with Crippen molar-refractivity contribution in [2.24, 2.45) is 0 Å². The molecule has 0 aliphatic carbocycles. The molecular formula is C11H15NO3S. The zero-order chi connectivity index (χ0) is 11.4. The molecule has 0 aromatic carbocycles. The first kappa shape index (κ1) is 11.5. The molecule has 1 unspecified atom stereocenters. The van der Waals surface area contributed by atoms with Crippen LogP contribution in [0.3, 0.4) is 0 Å². The van der Waals surface area contributed by atoms with Crippen LogP contribution in [0.2, 0.25) is 0 Å². The third kappa shape index (κ3) is 2.41. The number of methoxy groups -OCH3 is 1. The van der Waals surface area contributed by atoms with Crippen molar-refractivity contribution in [3.05, 3.63) is 24.2 Å². The third-order valence-corrected chi connectivity index (χ3v) is 4.08. The molecule has 0 radical (unpaired) electrons. The Labute approximate surface area is 98.7 Å². The molecule has 16 heavy (non-hydrogen) atoms. The molecule has 4 nitrogen and oxygen atoms in total. The minimum Gasteiger partial charge on any atom is -0.472 e. The van der Waals surface area contributed by atoms with Crippen LogP contribution in [-0.4, -0.2) is 36.7 Å². The van der Waals surface area contributed by atoms with E-state index in [2.05, 4.69) is 5.32 Å². The Bertz CT molecular complexity index is 344. The number of furan rings is 1. The van der Waals surface area contributed by atoms with Crippen LogP contribution < -0.4 is 5.32 Å². The summed E-state index contributed by atoms with van der Waals surface area (Å²) in [5.41, 5.74) is 0.362. The van der Waals surface area contributed by atoms with E-state index >= 15 is 0 Å². The van der Waals surface area contributed by atoms with Crippen molar-refractivity contribution in [3.63, 3.8) is 0 Å². The van der Waals surface area contributed by atoms with Crippen molar-refractivity contribution in [2.75, 3.05) is 25.2 Å². The number of carbonyl (C=O) groups is 1. The van der Waals surface area contributed by atoms with Gasteiger partial charge in [-0.15, -0.1) is 0 Å². The second-order valence-electron chi connectivity index (χ2n) is 3.88. The van der Waals surface area contributed by atoms with Crippen LogP contribution in [0.25, 0.3) is 0 Å². The number of hydrogen-bond donors (Lipinski definition) is 1. The summed E-state index contributed by atoms with van der Waals surface area (Å²) in [6.45, 7) is 0.556. The van der Waals surface area contributed by atoms with Gasteiger partial charge in [0.25, 0.3) is 5.91 Å². The van der Waals surface area contributed by atoms with E-state index in [0.29, 0.717) is 12.1 Å². The number of thioether (sulfide) groups is 1. The number of ether oxygens (including phenoxy) is 1. The molecule has 1 fully saturated rings. The fourth-order valence-corrected chi connectivity index (χ4v) is 3.10. The summed E-state index contributed by atoms with van der Waals surface area (Å²) < 4.78 is 10.4. The SMILES string of the molecule is COC1(CNC(=O)c2ccoc2)CCSC1. The predicted molar refractivity (Wildman–Crippen MR) is 62.7 cm³/mol. The van der Waals surface area contributed by atoms with E-state index in [4.69, 9.17) is 9.15 Å². The number of hydrogen-bond acceptors (Lipinski definition) is 4. The van der Waals surface area contributed by atoms with E-state index in [0.717, 1.165) is 17.9 Å². The highest BCUT2D eigenvalue weighted by molar-refractivity contribution is 7.99. The van der Waals surface area contributed by atoms with Crippen LogP contribution in [0.1, 0.15) is 16.8 Å². The lowest BCUT2D eigenvalue weighted by atomic mass is 10.0. The van der Waals surface area contributed by atoms with Crippen molar-refractivity contribution < 1.29 is 13.9 Å². The molecule has 1 saturated heterocycles. The second kappa shape index (κ2) is 4.93. The van der Waals surface area contributed by atoms with Gasteiger partial charge in [-0.3, -0.25) is 4.79 Å². The van der Waals surface area contributed by atoms with Crippen molar-refractivity contribution in [2.45, 2.75) is 12.0 Å². The highest BCUT2D eigenvalue weighted by Gasteiger charge is 2.34. The van der Waals surface area contributed by atoms with Crippen molar-refractivity contribution in [1.82, 2.24) is 5.32 Å². The molecule has 1 aliphatic heterocycles. The molecule has 0 bridgehead atoms. The Morgan fingerprint density at radius 1 is 1.75 bits per heavy atom. The lowest BCUT2D eigenvalue weighted by molar-refractivity contribution is 0.0137. The number of rotatable bonds is 4. The van der Waals surface area contributed by atoms with Gasteiger partial charge in [-0.05, 0) is 18.2 Å². The minimum atomic E-state index is -0.190. The fraction of sp³-hybridized carbons (Fsp3) is 0.545. The monoisotopic (exact) mass is 241 g/mol. The van der Waals surface area contributed by atoms with Gasteiger partial charge in [-0.2, -0.15) is 11.8 Å². The van der Waals surface area contributed by atoms with Crippen molar-refractivity contribution in [3.8, 4) is 0 Å². The van der Waals surface area contributed by atoms with E-state index in [1.807, 2.05) is 11.8 Å². The van der Waals surface area contributed by atoms with Crippen LogP contribution in [0.15, 0.2) is 23.0 Å². The van der Waals surface area contributed by atoms with E-state index in [1.54, 1.807) is 13.2 Å². The first-order chi connectivity index (χ1) is 7.76. The number of nitrogens with one attached hydrogen (secondary N) is 1. The molecular weight excluding hydrogens is 226 g/mol. The van der Waals surface area contributed by atoms with Crippen LogP contribution in [0.4, 0.5) is 0 Å². The van der Waals surface area contributed by atoms with Gasteiger partial charge in [0, 0.05) is 19.4 Å². The summed E-state index contributed by atoms with van der Waals surface area (Å²) in [7, 11) is 1.70. The van der Waals surface area contributed by atoms with E-state index in [9.17, 15) is 4.79 Å². The maximum atomic E-state index is 11.7. The van der Waals surface area contributed by atoms with Crippen molar-refractivity contribution >= 4 is 17.7 Å². The smallest absolute Gasteiger partial charge is 0.254 e. The maximum Gasteiger partial charge on any atom is 0.254 e. The molecule has 1 aromatic heterocycles. The molecule has 1 aliphatic rings. The molecule has 0 spiro atoms. The first-order valence-corrected chi connectivity index (χ1v) is 6.34. The van der Waals surface area contributed by atoms with E-state index < -0.39 is 0 Å². The predicted octanol–water partition coefficient (Wildman–Crippen LogP) is 1.53. The lowest BCUT2D eigenvalue weighted by Crippen LogP contribution is -2.44. The van der Waals surface area contributed by atoms with Gasteiger partial charge in [0.15, 0.2) is 0 Å². The summed E-state index contributed by atoms with van der Waals surface area (Å²) in [5, 5.41) is 2.88. The van der Waals surface area contributed by atoms with Crippen LogP contribution in [-0.2, 0) is 4.74 Å². The van der Waals surface area contributed by atoms with Crippen LogP contribution >= 0.6 is 11.8 Å². The summed E-state index contributed by atoms with van der Waals surface area (Å²) in [6, 6.07) is 1.65. The molecule has 1 aromatic rings. The maximum absolute atomic E-state index is 11.7. The van der Waals surface area contributed by atoms with Gasteiger partial charge in [-0.1, -0.05) is 0 Å². The Balaban J connectivity index is 1.89. The van der Waals surface area contributed by atoms with Gasteiger partial charge < -0.3 is 14.5 Å². The molecule has 1 amide bonds. The molecule has 88 valence electrons. The quantitative estimate of drug-likeness (QED) is 0.868. The first-order valence-electron chi connectivity index (χ1n) is 5.19. The Morgan fingerprint density at radius 2 is 2.62 bits per heavy atom. The van der Waals surface area contributed by atoms with E-state index in [-0.39, 0.29) is 11.5 Å².